The maximum atomic E-state index is 11.8. The number of ether oxygens (including phenoxy) is 2. The number of benzene rings is 3. The normalized spacial score (nSPS) is 11.6. The molecular weight excluding hydrogens is 386 g/mol. The van der Waals surface area contributed by atoms with E-state index in [9.17, 15) is 4.79 Å². The molecular formula is C27H31NO3. The molecule has 0 aliphatic carbocycles. The lowest BCUT2D eigenvalue weighted by Gasteiger charge is -2.15. The SMILES string of the molecule is CCCOc1ccc(Oc2ccc(-c3ccc(C(C)NC(=O)CCC)cc3)cc2)cc1. The highest BCUT2D eigenvalue weighted by atomic mass is 16.5. The molecule has 1 unspecified atom stereocenters. The highest BCUT2D eigenvalue weighted by Crippen LogP contribution is 2.28. The molecule has 1 atom stereocenters. The van der Waals surface area contributed by atoms with E-state index in [2.05, 4.69) is 48.6 Å². The summed E-state index contributed by atoms with van der Waals surface area (Å²) in [6.45, 7) is 6.82. The fraction of sp³-hybridized carbons (Fsp3) is 0.296. The molecule has 1 N–H and O–H groups in total. The second-order valence-electron chi connectivity index (χ2n) is 7.61. The van der Waals surface area contributed by atoms with Crippen molar-refractivity contribution in [3.05, 3.63) is 78.4 Å². The summed E-state index contributed by atoms with van der Waals surface area (Å²) in [5, 5.41) is 3.04. The van der Waals surface area contributed by atoms with Gasteiger partial charge in [0, 0.05) is 6.42 Å². The lowest BCUT2D eigenvalue weighted by atomic mass is 10.0. The van der Waals surface area contributed by atoms with Gasteiger partial charge in [-0.2, -0.15) is 0 Å². The van der Waals surface area contributed by atoms with Gasteiger partial charge >= 0.3 is 0 Å². The molecule has 4 heteroatoms. The van der Waals surface area contributed by atoms with Gasteiger partial charge in [0.1, 0.15) is 17.2 Å². The third-order valence-corrected chi connectivity index (χ3v) is 4.99. The Bertz CT molecular complexity index is 947. The maximum absolute atomic E-state index is 11.8. The van der Waals surface area contributed by atoms with Crippen LogP contribution in [0.3, 0.4) is 0 Å². The van der Waals surface area contributed by atoms with Crippen LogP contribution < -0.4 is 14.8 Å². The molecule has 3 rings (SSSR count). The molecule has 162 valence electrons. The first kappa shape index (κ1) is 22.4. The summed E-state index contributed by atoms with van der Waals surface area (Å²) in [5.74, 6) is 2.51. The van der Waals surface area contributed by atoms with Gasteiger partial charge in [-0.25, -0.2) is 0 Å². The summed E-state index contributed by atoms with van der Waals surface area (Å²) in [4.78, 5) is 11.8. The van der Waals surface area contributed by atoms with E-state index >= 15 is 0 Å². The zero-order valence-corrected chi connectivity index (χ0v) is 18.6. The molecule has 0 heterocycles. The molecule has 0 aromatic heterocycles. The summed E-state index contributed by atoms with van der Waals surface area (Å²) in [6.07, 6.45) is 2.41. The van der Waals surface area contributed by atoms with Crippen LogP contribution in [-0.4, -0.2) is 12.5 Å². The quantitative estimate of drug-likeness (QED) is 0.390. The molecule has 1 amide bonds. The average Bonchev–Trinajstić information content (AvgIpc) is 2.79. The second-order valence-corrected chi connectivity index (χ2v) is 7.61. The van der Waals surface area contributed by atoms with E-state index in [4.69, 9.17) is 9.47 Å². The second kappa shape index (κ2) is 11.2. The molecule has 0 fully saturated rings. The summed E-state index contributed by atoms with van der Waals surface area (Å²) in [7, 11) is 0. The van der Waals surface area contributed by atoms with Gasteiger partial charge in [-0.15, -0.1) is 0 Å². The number of nitrogens with one attached hydrogen (secondary N) is 1. The average molecular weight is 418 g/mol. The van der Waals surface area contributed by atoms with Crippen molar-refractivity contribution < 1.29 is 14.3 Å². The Morgan fingerprint density at radius 3 is 1.84 bits per heavy atom. The van der Waals surface area contributed by atoms with Crippen molar-refractivity contribution in [2.24, 2.45) is 0 Å². The molecule has 31 heavy (non-hydrogen) atoms. The number of amides is 1. The van der Waals surface area contributed by atoms with E-state index < -0.39 is 0 Å². The standard InChI is InChI=1S/C27H31NO3/c1-4-6-27(29)28-20(3)21-7-9-22(10-8-21)23-11-13-25(14-12-23)31-26-17-15-24(16-18-26)30-19-5-2/h7-18,20H,4-6,19H2,1-3H3,(H,28,29). The van der Waals surface area contributed by atoms with Gasteiger partial charge in [-0.3, -0.25) is 4.79 Å². The molecule has 0 radical (unpaired) electrons. The number of rotatable bonds is 10. The molecule has 3 aromatic carbocycles. The van der Waals surface area contributed by atoms with E-state index in [0.717, 1.165) is 53.4 Å². The minimum absolute atomic E-state index is 0.00244. The van der Waals surface area contributed by atoms with E-state index in [-0.39, 0.29) is 11.9 Å². The molecule has 0 aliphatic rings. The minimum Gasteiger partial charge on any atom is -0.494 e. The first-order chi connectivity index (χ1) is 15.1. The Labute approximate surface area is 185 Å². The summed E-state index contributed by atoms with van der Waals surface area (Å²) in [6, 6.07) is 24.0. The van der Waals surface area contributed by atoms with Gasteiger partial charge in [0.15, 0.2) is 0 Å². The van der Waals surface area contributed by atoms with E-state index in [1.807, 2.05) is 50.2 Å². The third-order valence-electron chi connectivity index (χ3n) is 4.99. The van der Waals surface area contributed by atoms with Gasteiger partial charge in [-0.05, 0) is 72.9 Å². The summed E-state index contributed by atoms with van der Waals surface area (Å²) in [5.41, 5.74) is 3.34. The predicted octanol–water partition coefficient (Wildman–Crippen LogP) is 6.91. The molecule has 0 spiro atoms. The monoisotopic (exact) mass is 417 g/mol. The maximum Gasteiger partial charge on any atom is 0.220 e. The first-order valence-electron chi connectivity index (χ1n) is 11.0. The van der Waals surface area contributed by atoms with Crippen LogP contribution in [0.2, 0.25) is 0 Å². The number of carbonyl (C=O) groups excluding carboxylic acids is 1. The molecule has 3 aromatic rings. The highest BCUT2D eigenvalue weighted by molar-refractivity contribution is 5.76. The van der Waals surface area contributed by atoms with Gasteiger partial charge in [0.2, 0.25) is 5.91 Å². The van der Waals surface area contributed by atoms with Crippen molar-refractivity contribution >= 4 is 5.91 Å². The summed E-state index contributed by atoms with van der Waals surface area (Å²) < 4.78 is 11.5. The van der Waals surface area contributed by atoms with E-state index in [1.54, 1.807) is 0 Å². The lowest BCUT2D eigenvalue weighted by Crippen LogP contribution is -2.26. The van der Waals surface area contributed by atoms with Crippen molar-refractivity contribution in [3.63, 3.8) is 0 Å². The third kappa shape index (κ3) is 6.61. The van der Waals surface area contributed by atoms with Crippen LogP contribution in [0.25, 0.3) is 11.1 Å². The van der Waals surface area contributed by atoms with Crippen molar-refractivity contribution in [2.75, 3.05) is 6.61 Å². The van der Waals surface area contributed by atoms with Crippen molar-refractivity contribution in [1.82, 2.24) is 5.32 Å². The smallest absolute Gasteiger partial charge is 0.220 e. The Kier molecular flexibility index (Phi) is 8.11. The van der Waals surface area contributed by atoms with Gasteiger partial charge < -0.3 is 14.8 Å². The van der Waals surface area contributed by atoms with Crippen LogP contribution in [0.5, 0.6) is 17.2 Å². The summed E-state index contributed by atoms with van der Waals surface area (Å²) >= 11 is 0. The van der Waals surface area contributed by atoms with Gasteiger partial charge in [-0.1, -0.05) is 50.2 Å². The van der Waals surface area contributed by atoms with Crippen LogP contribution in [0.4, 0.5) is 0 Å². The van der Waals surface area contributed by atoms with Crippen LogP contribution in [0.15, 0.2) is 72.8 Å². The lowest BCUT2D eigenvalue weighted by molar-refractivity contribution is -0.121. The van der Waals surface area contributed by atoms with Crippen LogP contribution in [0.1, 0.15) is 51.6 Å². The molecule has 0 saturated heterocycles. The Balaban J connectivity index is 1.60. The highest BCUT2D eigenvalue weighted by Gasteiger charge is 2.09. The molecule has 0 aliphatic heterocycles. The zero-order chi connectivity index (χ0) is 22.1. The zero-order valence-electron chi connectivity index (χ0n) is 18.6. The fourth-order valence-corrected chi connectivity index (χ4v) is 3.26. The van der Waals surface area contributed by atoms with E-state index in [1.165, 1.54) is 0 Å². The van der Waals surface area contributed by atoms with Crippen molar-refractivity contribution in [2.45, 2.75) is 46.1 Å². The number of hydrogen-bond acceptors (Lipinski definition) is 3. The van der Waals surface area contributed by atoms with Gasteiger partial charge in [0.05, 0.1) is 12.6 Å². The largest absolute Gasteiger partial charge is 0.494 e. The number of hydrogen-bond donors (Lipinski definition) is 1. The van der Waals surface area contributed by atoms with Crippen molar-refractivity contribution in [3.8, 4) is 28.4 Å². The van der Waals surface area contributed by atoms with Crippen LogP contribution in [-0.2, 0) is 4.79 Å². The van der Waals surface area contributed by atoms with Crippen LogP contribution in [0, 0.1) is 0 Å². The molecule has 0 bridgehead atoms. The van der Waals surface area contributed by atoms with Gasteiger partial charge in [0.25, 0.3) is 0 Å². The topological polar surface area (TPSA) is 47.6 Å². The Hall–Kier alpha value is -3.27. The Morgan fingerprint density at radius 1 is 0.774 bits per heavy atom. The number of carbonyl (C=O) groups is 1. The first-order valence-corrected chi connectivity index (χ1v) is 11.0. The fourth-order valence-electron chi connectivity index (χ4n) is 3.26. The van der Waals surface area contributed by atoms with Crippen LogP contribution >= 0.6 is 0 Å². The minimum atomic E-state index is 0.00244. The molecule has 4 nitrogen and oxygen atoms in total. The van der Waals surface area contributed by atoms with Crippen molar-refractivity contribution in [1.29, 1.82) is 0 Å². The van der Waals surface area contributed by atoms with E-state index in [0.29, 0.717) is 6.42 Å². The Morgan fingerprint density at radius 2 is 1.29 bits per heavy atom. The predicted molar refractivity (Wildman–Crippen MR) is 126 cm³/mol. The molecule has 0 saturated carbocycles.